The van der Waals surface area contributed by atoms with E-state index in [0.29, 0.717) is 46.6 Å². The quantitative estimate of drug-likeness (QED) is 0.360. The van der Waals surface area contributed by atoms with Crippen LogP contribution in [0.25, 0.3) is 11.3 Å². The number of hydrogen-bond donors (Lipinski definition) is 0. The van der Waals surface area contributed by atoms with Crippen LogP contribution < -0.4 is 18.9 Å². The highest BCUT2D eigenvalue weighted by Crippen LogP contribution is 2.35. The van der Waals surface area contributed by atoms with Crippen molar-refractivity contribution in [3.8, 4) is 34.3 Å². The maximum atomic E-state index is 13.5. The Bertz CT molecular complexity index is 1330. The standard InChI is InChI=1S/C27H24N2O6/c1-31-21-9-10-22(24(14-21)32-2)25-13-20(28-35-25)16-29(15-18-6-4-3-5-7-18)27(30)19-8-11-23-26(12-19)34-17-33-23/h3-14H,15-17H2,1-2H3. The number of fused-ring (bicyclic) bond motifs is 1. The van der Waals surface area contributed by atoms with Crippen molar-refractivity contribution in [2.45, 2.75) is 13.1 Å². The molecule has 0 saturated heterocycles. The summed E-state index contributed by atoms with van der Waals surface area (Å²) in [6, 6.07) is 22.3. The molecule has 35 heavy (non-hydrogen) atoms. The number of nitrogens with zero attached hydrogens (tertiary/aromatic N) is 2. The van der Waals surface area contributed by atoms with Crippen molar-refractivity contribution in [3.05, 3.63) is 89.6 Å². The zero-order valence-electron chi connectivity index (χ0n) is 19.4. The average Bonchev–Trinajstić information content (AvgIpc) is 3.57. The van der Waals surface area contributed by atoms with Gasteiger partial charge in [0.05, 0.1) is 26.3 Å². The van der Waals surface area contributed by atoms with Gasteiger partial charge in [0.25, 0.3) is 5.91 Å². The van der Waals surface area contributed by atoms with E-state index in [1.807, 2.05) is 48.5 Å². The maximum Gasteiger partial charge on any atom is 0.254 e. The molecule has 1 aliphatic heterocycles. The number of methoxy groups -OCH3 is 2. The van der Waals surface area contributed by atoms with Crippen molar-refractivity contribution in [2.24, 2.45) is 0 Å². The molecular formula is C27H24N2O6. The molecule has 2 heterocycles. The van der Waals surface area contributed by atoms with E-state index in [9.17, 15) is 4.79 Å². The first-order valence-electron chi connectivity index (χ1n) is 11.1. The van der Waals surface area contributed by atoms with Crippen molar-refractivity contribution in [1.82, 2.24) is 10.1 Å². The first kappa shape index (κ1) is 22.3. The van der Waals surface area contributed by atoms with E-state index < -0.39 is 0 Å². The van der Waals surface area contributed by atoms with E-state index in [0.717, 1.165) is 11.1 Å². The smallest absolute Gasteiger partial charge is 0.254 e. The number of aromatic nitrogens is 1. The lowest BCUT2D eigenvalue weighted by molar-refractivity contribution is 0.0726. The molecule has 8 nitrogen and oxygen atoms in total. The van der Waals surface area contributed by atoms with Gasteiger partial charge in [-0.1, -0.05) is 35.5 Å². The largest absolute Gasteiger partial charge is 0.497 e. The van der Waals surface area contributed by atoms with Gasteiger partial charge in [0.15, 0.2) is 17.3 Å². The molecule has 0 atom stereocenters. The SMILES string of the molecule is COc1ccc(-c2cc(CN(Cc3ccccc3)C(=O)c3ccc4c(c3)OCO4)no2)c(OC)c1. The molecule has 0 saturated carbocycles. The van der Waals surface area contributed by atoms with Gasteiger partial charge in [0, 0.05) is 24.2 Å². The summed E-state index contributed by atoms with van der Waals surface area (Å²) in [6.07, 6.45) is 0. The summed E-state index contributed by atoms with van der Waals surface area (Å²) in [5.74, 6) is 2.85. The molecule has 8 heteroatoms. The van der Waals surface area contributed by atoms with Crippen molar-refractivity contribution in [3.63, 3.8) is 0 Å². The van der Waals surface area contributed by atoms with Crippen LogP contribution in [-0.4, -0.2) is 37.0 Å². The predicted molar refractivity (Wildman–Crippen MR) is 128 cm³/mol. The van der Waals surface area contributed by atoms with Crippen LogP contribution in [-0.2, 0) is 13.1 Å². The second-order valence-corrected chi connectivity index (χ2v) is 7.96. The Hall–Kier alpha value is -4.46. The second-order valence-electron chi connectivity index (χ2n) is 7.96. The van der Waals surface area contributed by atoms with Crippen LogP contribution in [0.2, 0.25) is 0 Å². The summed E-state index contributed by atoms with van der Waals surface area (Å²) >= 11 is 0. The highest BCUT2D eigenvalue weighted by Gasteiger charge is 2.23. The van der Waals surface area contributed by atoms with Crippen LogP contribution in [0.15, 0.2) is 77.3 Å². The van der Waals surface area contributed by atoms with Crippen molar-refractivity contribution >= 4 is 5.91 Å². The van der Waals surface area contributed by atoms with Crippen LogP contribution in [0.5, 0.6) is 23.0 Å². The minimum atomic E-state index is -0.154. The Balaban J connectivity index is 1.42. The summed E-state index contributed by atoms with van der Waals surface area (Å²) in [5, 5.41) is 4.23. The van der Waals surface area contributed by atoms with Crippen LogP contribution in [0.4, 0.5) is 0 Å². The molecule has 0 N–H and O–H groups in total. The van der Waals surface area contributed by atoms with E-state index in [4.69, 9.17) is 23.5 Å². The number of benzene rings is 3. The third kappa shape index (κ3) is 4.77. The highest BCUT2D eigenvalue weighted by atomic mass is 16.7. The van der Waals surface area contributed by atoms with Gasteiger partial charge < -0.3 is 28.4 Å². The molecule has 0 aliphatic carbocycles. The van der Waals surface area contributed by atoms with Gasteiger partial charge in [-0.05, 0) is 35.9 Å². The fourth-order valence-corrected chi connectivity index (χ4v) is 3.93. The normalized spacial score (nSPS) is 11.8. The molecule has 0 bridgehead atoms. The van der Waals surface area contributed by atoms with Crippen LogP contribution >= 0.6 is 0 Å². The van der Waals surface area contributed by atoms with Crippen molar-refractivity contribution in [2.75, 3.05) is 21.0 Å². The summed E-state index contributed by atoms with van der Waals surface area (Å²) in [7, 11) is 3.18. The molecule has 1 aliphatic rings. The van der Waals surface area contributed by atoms with Crippen molar-refractivity contribution < 1.29 is 28.3 Å². The molecule has 0 unspecified atom stereocenters. The number of carbonyl (C=O) groups is 1. The van der Waals surface area contributed by atoms with Gasteiger partial charge in [0.1, 0.15) is 17.2 Å². The molecule has 5 rings (SSSR count). The van der Waals surface area contributed by atoms with E-state index in [-0.39, 0.29) is 19.2 Å². The lowest BCUT2D eigenvalue weighted by atomic mass is 10.1. The number of hydrogen-bond acceptors (Lipinski definition) is 7. The zero-order valence-corrected chi connectivity index (χ0v) is 19.4. The third-order valence-electron chi connectivity index (χ3n) is 5.71. The first-order chi connectivity index (χ1) is 17.1. The lowest BCUT2D eigenvalue weighted by Crippen LogP contribution is -2.30. The van der Waals surface area contributed by atoms with Gasteiger partial charge in [0.2, 0.25) is 6.79 Å². The Morgan fingerprint density at radius 2 is 1.74 bits per heavy atom. The number of rotatable bonds is 8. The Morgan fingerprint density at radius 1 is 0.914 bits per heavy atom. The van der Waals surface area contributed by atoms with Gasteiger partial charge in [-0.3, -0.25) is 4.79 Å². The fraction of sp³-hybridized carbons (Fsp3) is 0.185. The average molecular weight is 472 g/mol. The van der Waals surface area contributed by atoms with Gasteiger partial charge in [-0.25, -0.2) is 0 Å². The molecule has 3 aromatic carbocycles. The van der Waals surface area contributed by atoms with Gasteiger partial charge >= 0.3 is 0 Å². The molecule has 0 fully saturated rings. The molecular weight excluding hydrogens is 448 g/mol. The first-order valence-corrected chi connectivity index (χ1v) is 11.1. The molecule has 1 aromatic heterocycles. The topological polar surface area (TPSA) is 83.3 Å². The minimum Gasteiger partial charge on any atom is -0.497 e. The molecule has 1 amide bonds. The predicted octanol–water partition coefficient (Wildman–Crippen LogP) is 4.93. The fourth-order valence-electron chi connectivity index (χ4n) is 3.93. The summed E-state index contributed by atoms with van der Waals surface area (Å²) < 4.78 is 27.2. The summed E-state index contributed by atoms with van der Waals surface area (Å²) in [4.78, 5) is 15.3. The van der Waals surface area contributed by atoms with Crippen molar-refractivity contribution in [1.29, 1.82) is 0 Å². The molecule has 0 spiro atoms. The number of carbonyl (C=O) groups excluding carboxylic acids is 1. The van der Waals surface area contributed by atoms with Gasteiger partial charge in [-0.15, -0.1) is 0 Å². The van der Waals surface area contributed by atoms with Crippen LogP contribution in [0, 0.1) is 0 Å². The number of amides is 1. The van der Waals surface area contributed by atoms with E-state index in [2.05, 4.69) is 5.16 Å². The lowest BCUT2D eigenvalue weighted by Gasteiger charge is -2.22. The zero-order chi connectivity index (χ0) is 24.2. The van der Waals surface area contributed by atoms with E-state index in [1.54, 1.807) is 43.4 Å². The minimum absolute atomic E-state index is 0.150. The maximum absolute atomic E-state index is 13.5. The Labute approximate surface area is 202 Å². The van der Waals surface area contributed by atoms with Gasteiger partial charge in [-0.2, -0.15) is 0 Å². The summed E-state index contributed by atoms with van der Waals surface area (Å²) in [6.45, 7) is 0.809. The molecule has 0 radical (unpaired) electrons. The Kier molecular flexibility index (Phi) is 6.26. The molecule has 178 valence electrons. The second kappa shape index (κ2) is 9.80. The summed E-state index contributed by atoms with van der Waals surface area (Å²) in [5.41, 5.74) is 2.86. The van der Waals surface area contributed by atoms with E-state index >= 15 is 0 Å². The van der Waals surface area contributed by atoms with Crippen LogP contribution in [0.3, 0.4) is 0 Å². The third-order valence-corrected chi connectivity index (χ3v) is 5.71. The Morgan fingerprint density at radius 3 is 2.54 bits per heavy atom. The van der Waals surface area contributed by atoms with E-state index in [1.165, 1.54) is 0 Å². The molecule has 4 aromatic rings. The monoisotopic (exact) mass is 472 g/mol. The highest BCUT2D eigenvalue weighted by molar-refractivity contribution is 5.95. The van der Waals surface area contributed by atoms with Crippen LogP contribution in [0.1, 0.15) is 21.6 Å². The number of ether oxygens (including phenoxy) is 4.